The van der Waals surface area contributed by atoms with Gasteiger partial charge in [-0.15, -0.1) is 0 Å². The molecule has 8 heteroatoms. The van der Waals surface area contributed by atoms with Crippen molar-refractivity contribution < 1.29 is 19.4 Å². The van der Waals surface area contributed by atoms with Gasteiger partial charge in [0.05, 0.1) is 20.3 Å². The third-order valence-electron chi connectivity index (χ3n) is 6.27. The van der Waals surface area contributed by atoms with Gasteiger partial charge in [-0.2, -0.15) is 5.10 Å². The SMILES string of the molecule is COc1ccc(C2c3c(-c4cc(Cl)ccc4O)n[nH]c3C(=O)N2Cc2ccc(C)cc2)cc1OC. The highest BCUT2D eigenvalue weighted by Crippen LogP contribution is 2.46. The largest absolute Gasteiger partial charge is 0.507 e. The number of H-pyrrole nitrogens is 1. The molecule has 2 N–H and O–H groups in total. The number of hydrogen-bond donors (Lipinski definition) is 2. The molecule has 1 aliphatic heterocycles. The summed E-state index contributed by atoms with van der Waals surface area (Å²) in [5.41, 5.74) is 4.94. The first-order valence-electron chi connectivity index (χ1n) is 11.1. The van der Waals surface area contributed by atoms with E-state index in [0.717, 1.165) is 16.7 Å². The van der Waals surface area contributed by atoms with Crippen LogP contribution in [0.5, 0.6) is 17.2 Å². The molecule has 0 spiro atoms. The number of fused-ring (bicyclic) bond motifs is 1. The zero-order valence-corrected chi connectivity index (χ0v) is 20.3. The van der Waals surface area contributed by atoms with Gasteiger partial charge in [0.1, 0.15) is 17.1 Å². The maximum absolute atomic E-state index is 13.6. The lowest BCUT2D eigenvalue weighted by Gasteiger charge is -2.27. The van der Waals surface area contributed by atoms with Crippen molar-refractivity contribution >= 4 is 17.5 Å². The molecule has 2 heterocycles. The Morgan fingerprint density at radius 2 is 1.77 bits per heavy atom. The molecule has 0 saturated heterocycles. The van der Waals surface area contributed by atoms with Crippen molar-refractivity contribution in [3.05, 3.63) is 93.6 Å². The topological polar surface area (TPSA) is 87.7 Å². The van der Waals surface area contributed by atoms with E-state index in [4.69, 9.17) is 21.1 Å². The van der Waals surface area contributed by atoms with E-state index >= 15 is 0 Å². The number of methoxy groups -OCH3 is 2. The molecule has 0 fully saturated rings. The van der Waals surface area contributed by atoms with Crippen molar-refractivity contribution in [3.8, 4) is 28.5 Å². The van der Waals surface area contributed by atoms with E-state index < -0.39 is 6.04 Å². The first-order chi connectivity index (χ1) is 16.9. The van der Waals surface area contributed by atoms with E-state index in [2.05, 4.69) is 10.2 Å². The average molecular weight is 490 g/mol. The molecule has 0 bridgehead atoms. The van der Waals surface area contributed by atoms with Crippen LogP contribution in [0.25, 0.3) is 11.3 Å². The standard InChI is InChI=1S/C27H24ClN3O4/c1-15-4-6-16(7-5-15)14-31-26(17-8-11-21(34-2)22(12-17)35-3)23-24(29-30-25(23)27(31)33)19-13-18(28)9-10-20(19)32/h4-13,26,32H,14H2,1-3H3,(H,29,30). The van der Waals surface area contributed by atoms with Crippen molar-refractivity contribution in [3.63, 3.8) is 0 Å². The molecule has 1 aromatic heterocycles. The number of aryl methyl sites for hydroxylation is 1. The normalized spacial score (nSPS) is 14.8. The predicted molar refractivity (Wildman–Crippen MR) is 133 cm³/mol. The quantitative estimate of drug-likeness (QED) is 0.373. The smallest absolute Gasteiger partial charge is 0.273 e. The van der Waals surface area contributed by atoms with Crippen LogP contribution in [0.4, 0.5) is 0 Å². The summed E-state index contributed by atoms with van der Waals surface area (Å²) < 4.78 is 11.0. The zero-order chi connectivity index (χ0) is 24.7. The maximum atomic E-state index is 13.6. The third-order valence-corrected chi connectivity index (χ3v) is 6.51. The second-order valence-electron chi connectivity index (χ2n) is 8.46. The molecule has 1 amide bonds. The van der Waals surface area contributed by atoms with Crippen molar-refractivity contribution in [2.45, 2.75) is 19.5 Å². The van der Waals surface area contributed by atoms with Crippen molar-refractivity contribution in [2.24, 2.45) is 0 Å². The van der Waals surface area contributed by atoms with Gasteiger partial charge in [0, 0.05) is 22.7 Å². The van der Waals surface area contributed by atoms with Gasteiger partial charge >= 0.3 is 0 Å². The van der Waals surface area contributed by atoms with E-state index in [0.29, 0.717) is 45.6 Å². The summed E-state index contributed by atoms with van der Waals surface area (Å²) in [7, 11) is 3.15. The molecule has 7 nitrogen and oxygen atoms in total. The first kappa shape index (κ1) is 22.8. The highest BCUT2D eigenvalue weighted by molar-refractivity contribution is 6.31. The number of nitrogens with one attached hydrogen (secondary N) is 1. The highest BCUT2D eigenvalue weighted by atomic mass is 35.5. The number of carbonyl (C=O) groups is 1. The van der Waals surface area contributed by atoms with Gasteiger partial charge < -0.3 is 19.5 Å². The Morgan fingerprint density at radius 1 is 1.03 bits per heavy atom. The number of aromatic amines is 1. The number of hydrogen-bond acceptors (Lipinski definition) is 5. The van der Waals surface area contributed by atoms with Crippen LogP contribution in [0.15, 0.2) is 60.7 Å². The lowest BCUT2D eigenvalue weighted by atomic mass is 9.95. The number of carbonyl (C=O) groups excluding carboxylic acids is 1. The number of amides is 1. The van der Waals surface area contributed by atoms with Gasteiger partial charge in [0.2, 0.25) is 0 Å². The second-order valence-corrected chi connectivity index (χ2v) is 8.89. The second kappa shape index (κ2) is 9.00. The fourth-order valence-electron chi connectivity index (χ4n) is 4.52. The van der Waals surface area contributed by atoms with Gasteiger partial charge in [-0.05, 0) is 48.4 Å². The molecule has 1 unspecified atom stereocenters. The van der Waals surface area contributed by atoms with E-state index in [9.17, 15) is 9.90 Å². The predicted octanol–water partition coefficient (Wildman–Crippen LogP) is 5.51. The van der Waals surface area contributed by atoms with Gasteiger partial charge in [-0.3, -0.25) is 9.89 Å². The summed E-state index contributed by atoms with van der Waals surface area (Å²) in [6.07, 6.45) is 0. The number of aromatic nitrogens is 2. The summed E-state index contributed by atoms with van der Waals surface area (Å²) in [5.74, 6) is 0.988. The average Bonchev–Trinajstić information content (AvgIpc) is 3.40. The third kappa shape index (κ3) is 3.98. The molecule has 178 valence electrons. The van der Waals surface area contributed by atoms with Gasteiger partial charge in [-0.1, -0.05) is 47.5 Å². The Labute approximate surface area is 207 Å². The molecule has 0 radical (unpaired) electrons. The highest BCUT2D eigenvalue weighted by Gasteiger charge is 2.42. The van der Waals surface area contributed by atoms with Gasteiger partial charge in [0.15, 0.2) is 11.5 Å². The number of phenols is 1. The number of aromatic hydroxyl groups is 1. The summed E-state index contributed by atoms with van der Waals surface area (Å²) >= 11 is 6.23. The summed E-state index contributed by atoms with van der Waals surface area (Å²) in [5, 5.41) is 18.4. The van der Waals surface area contributed by atoms with Gasteiger partial charge in [-0.25, -0.2) is 0 Å². The monoisotopic (exact) mass is 489 g/mol. The molecule has 3 aromatic carbocycles. The van der Waals surface area contributed by atoms with Crippen LogP contribution in [-0.2, 0) is 6.54 Å². The zero-order valence-electron chi connectivity index (χ0n) is 19.5. The number of nitrogens with zero attached hydrogens (tertiary/aromatic N) is 2. The molecule has 0 aliphatic carbocycles. The van der Waals surface area contributed by atoms with Crippen LogP contribution in [0.3, 0.4) is 0 Å². The molecule has 35 heavy (non-hydrogen) atoms. The lowest BCUT2D eigenvalue weighted by Crippen LogP contribution is -2.29. The van der Waals surface area contributed by atoms with Gasteiger partial charge in [0.25, 0.3) is 5.91 Å². The lowest BCUT2D eigenvalue weighted by molar-refractivity contribution is 0.0730. The molecule has 0 saturated carbocycles. The van der Waals surface area contributed by atoms with Crippen LogP contribution < -0.4 is 9.47 Å². The molecular weight excluding hydrogens is 466 g/mol. The minimum absolute atomic E-state index is 0.0270. The Balaban J connectivity index is 1.68. The number of halogens is 1. The molecular formula is C27H24ClN3O4. The van der Waals surface area contributed by atoms with Crippen LogP contribution in [0.1, 0.15) is 38.8 Å². The minimum atomic E-state index is -0.481. The van der Waals surface area contributed by atoms with Crippen molar-refractivity contribution in [1.29, 1.82) is 0 Å². The first-order valence-corrected chi connectivity index (χ1v) is 11.4. The van der Waals surface area contributed by atoms with Crippen molar-refractivity contribution in [2.75, 3.05) is 14.2 Å². The molecule has 5 rings (SSSR count). The fraction of sp³-hybridized carbons (Fsp3) is 0.185. The Morgan fingerprint density at radius 3 is 2.49 bits per heavy atom. The van der Waals surface area contributed by atoms with Crippen molar-refractivity contribution in [1.82, 2.24) is 15.1 Å². The number of benzene rings is 3. The van der Waals surface area contributed by atoms with Crippen LogP contribution in [0.2, 0.25) is 5.02 Å². The Hall–Kier alpha value is -3.97. The number of ether oxygens (including phenoxy) is 2. The summed E-state index contributed by atoms with van der Waals surface area (Å²) in [6, 6.07) is 18.0. The maximum Gasteiger partial charge on any atom is 0.273 e. The van der Waals surface area contributed by atoms with E-state index in [-0.39, 0.29) is 11.7 Å². The van der Waals surface area contributed by atoms with Crippen LogP contribution in [-0.4, -0.2) is 40.3 Å². The van der Waals surface area contributed by atoms with E-state index in [1.54, 1.807) is 31.3 Å². The summed E-state index contributed by atoms with van der Waals surface area (Å²) in [6.45, 7) is 2.42. The van der Waals surface area contributed by atoms with Crippen LogP contribution in [0, 0.1) is 6.92 Å². The Bertz CT molecular complexity index is 1410. The fourth-order valence-corrected chi connectivity index (χ4v) is 4.69. The van der Waals surface area contributed by atoms with E-state index in [1.807, 2.05) is 49.4 Å². The van der Waals surface area contributed by atoms with E-state index in [1.165, 1.54) is 6.07 Å². The number of rotatable bonds is 6. The van der Waals surface area contributed by atoms with Crippen LogP contribution >= 0.6 is 11.6 Å². The Kier molecular flexibility index (Phi) is 5.86. The molecule has 4 aromatic rings. The molecule has 1 aliphatic rings. The molecule has 1 atom stereocenters. The number of phenolic OH excluding ortho intramolecular Hbond substituents is 1. The summed E-state index contributed by atoms with van der Waals surface area (Å²) in [4.78, 5) is 15.4. The minimum Gasteiger partial charge on any atom is -0.507 e.